The van der Waals surface area contributed by atoms with Gasteiger partial charge in [0.05, 0.1) is 6.61 Å². The van der Waals surface area contributed by atoms with Crippen molar-refractivity contribution in [3.05, 3.63) is 58.3 Å². The van der Waals surface area contributed by atoms with Gasteiger partial charge in [0.15, 0.2) is 5.75 Å². The Hall–Kier alpha value is -3.22. The third kappa shape index (κ3) is 3.03. The van der Waals surface area contributed by atoms with Crippen molar-refractivity contribution in [2.24, 2.45) is 0 Å². The van der Waals surface area contributed by atoms with E-state index in [1.54, 1.807) is 24.4 Å². The van der Waals surface area contributed by atoms with Gasteiger partial charge in [-0.25, -0.2) is 4.79 Å². The number of esters is 1. The van der Waals surface area contributed by atoms with Gasteiger partial charge >= 0.3 is 5.97 Å². The van der Waals surface area contributed by atoms with Gasteiger partial charge < -0.3 is 24.4 Å². The number of carbonyl (C=O) groups is 1. The molecule has 0 aliphatic carbocycles. The van der Waals surface area contributed by atoms with Crippen LogP contribution in [0.5, 0.6) is 11.5 Å². The fraction of sp³-hybridized carbons (Fsp3) is 0.125. The van der Waals surface area contributed by atoms with Crippen LogP contribution < -0.4 is 5.43 Å². The Morgan fingerprint density at radius 3 is 2.87 bits per heavy atom. The summed E-state index contributed by atoms with van der Waals surface area (Å²) in [6.07, 6.45) is 3.00. The second-order valence-corrected chi connectivity index (χ2v) is 4.92. The van der Waals surface area contributed by atoms with Crippen LogP contribution >= 0.6 is 0 Å². The molecule has 23 heavy (non-hydrogen) atoms. The molecule has 0 saturated carbocycles. The lowest BCUT2D eigenvalue weighted by Crippen LogP contribution is -2.11. The molecule has 7 nitrogen and oxygen atoms in total. The number of aromatic nitrogens is 1. The second-order valence-electron chi connectivity index (χ2n) is 4.92. The highest BCUT2D eigenvalue weighted by molar-refractivity contribution is 5.86. The van der Waals surface area contributed by atoms with Crippen molar-refractivity contribution in [3.63, 3.8) is 0 Å². The Bertz CT molecular complexity index is 924. The molecule has 1 aromatic carbocycles. The van der Waals surface area contributed by atoms with E-state index in [0.29, 0.717) is 6.42 Å². The summed E-state index contributed by atoms with van der Waals surface area (Å²) in [5.41, 5.74) is 1.04. The number of hydrogen-bond acceptors (Lipinski definition) is 6. The summed E-state index contributed by atoms with van der Waals surface area (Å²) in [6, 6.07) is 5.84. The average molecular weight is 315 g/mol. The zero-order valence-corrected chi connectivity index (χ0v) is 11.9. The van der Waals surface area contributed by atoms with Crippen LogP contribution in [0.4, 0.5) is 0 Å². The van der Waals surface area contributed by atoms with Crippen molar-refractivity contribution in [1.29, 1.82) is 0 Å². The molecule has 0 saturated heterocycles. The Balaban J connectivity index is 1.66. The van der Waals surface area contributed by atoms with Gasteiger partial charge in [-0.05, 0) is 23.8 Å². The Morgan fingerprint density at radius 1 is 1.26 bits per heavy atom. The minimum Gasteiger partial charge on any atom is -0.508 e. The first-order valence-electron chi connectivity index (χ1n) is 6.82. The minimum atomic E-state index is -0.787. The third-order valence-corrected chi connectivity index (χ3v) is 3.37. The number of ether oxygens (including phenoxy) is 1. The molecule has 2 heterocycles. The number of fused-ring (bicyclic) bond motifs is 1. The Labute approximate surface area is 129 Å². The van der Waals surface area contributed by atoms with Crippen molar-refractivity contribution in [2.75, 3.05) is 6.61 Å². The SMILES string of the molecule is O=C(OCCc1c[nH]c2ccc(O)cc12)c1cc(=O)c(O)co1. The summed E-state index contributed by atoms with van der Waals surface area (Å²) in [5, 5.41) is 19.4. The highest BCUT2D eigenvalue weighted by atomic mass is 16.5. The monoisotopic (exact) mass is 315 g/mol. The predicted octanol–water partition coefficient (Wildman–Crippen LogP) is 1.93. The third-order valence-electron chi connectivity index (χ3n) is 3.37. The molecule has 3 N–H and O–H groups in total. The van der Waals surface area contributed by atoms with E-state index >= 15 is 0 Å². The summed E-state index contributed by atoms with van der Waals surface area (Å²) >= 11 is 0. The molecule has 0 bridgehead atoms. The van der Waals surface area contributed by atoms with E-state index in [1.807, 2.05) is 0 Å². The molecule has 0 atom stereocenters. The number of aromatic hydroxyl groups is 2. The van der Waals surface area contributed by atoms with E-state index in [2.05, 4.69) is 4.98 Å². The van der Waals surface area contributed by atoms with Crippen LogP contribution in [-0.2, 0) is 11.2 Å². The number of nitrogens with one attached hydrogen (secondary N) is 1. The predicted molar refractivity (Wildman–Crippen MR) is 80.6 cm³/mol. The number of carbonyl (C=O) groups excluding carboxylic acids is 1. The summed E-state index contributed by atoms with van der Waals surface area (Å²) in [7, 11) is 0. The molecule has 0 unspecified atom stereocenters. The number of benzene rings is 1. The number of H-pyrrole nitrogens is 1. The molecular weight excluding hydrogens is 302 g/mol. The smallest absolute Gasteiger partial charge is 0.374 e. The van der Waals surface area contributed by atoms with E-state index in [-0.39, 0.29) is 18.1 Å². The Kier molecular flexibility index (Phi) is 3.76. The summed E-state index contributed by atoms with van der Waals surface area (Å²) in [6.45, 7) is 0.0754. The fourth-order valence-corrected chi connectivity index (χ4v) is 2.21. The molecule has 118 valence electrons. The van der Waals surface area contributed by atoms with Gasteiger partial charge in [-0.15, -0.1) is 0 Å². The molecule has 0 aliphatic heterocycles. The summed E-state index contributed by atoms with van der Waals surface area (Å²) in [4.78, 5) is 26.1. The maximum absolute atomic E-state index is 11.8. The maximum atomic E-state index is 11.8. The lowest BCUT2D eigenvalue weighted by atomic mass is 10.1. The molecule has 0 aliphatic rings. The molecule has 2 aromatic heterocycles. The van der Waals surface area contributed by atoms with Crippen LogP contribution in [0.15, 0.2) is 45.9 Å². The van der Waals surface area contributed by atoms with Crippen molar-refractivity contribution in [2.45, 2.75) is 6.42 Å². The fourth-order valence-electron chi connectivity index (χ4n) is 2.21. The summed E-state index contributed by atoms with van der Waals surface area (Å²) in [5.74, 6) is -1.48. The minimum absolute atomic E-state index is 0.0754. The van der Waals surface area contributed by atoms with Gasteiger partial charge in [0.1, 0.15) is 12.0 Å². The van der Waals surface area contributed by atoms with Gasteiger partial charge in [0, 0.05) is 29.6 Å². The molecule has 0 fully saturated rings. The van der Waals surface area contributed by atoms with Crippen molar-refractivity contribution in [1.82, 2.24) is 4.98 Å². The van der Waals surface area contributed by atoms with E-state index < -0.39 is 17.1 Å². The number of aromatic amines is 1. The average Bonchev–Trinajstić information content (AvgIpc) is 2.92. The van der Waals surface area contributed by atoms with E-state index in [9.17, 15) is 14.7 Å². The molecule has 0 radical (unpaired) electrons. The standard InChI is InChI=1S/C16H13NO6/c18-10-1-2-12-11(5-10)9(7-17-12)3-4-22-16(21)15-6-13(19)14(20)8-23-15/h1-2,5-8,17-18,20H,3-4H2. The Morgan fingerprint density at radius 2 is 2.09 bits per heavy atom. The zero-order chi connectivity index (χ0) is 16.4. The first-order chi connectivity index (χ1) is 11.0. The van der Waals surface area contributed by atoms with Gasteiger partial charge in [-0.3, -0.25) is 4.79 Å². The first kappa shape index (κ1) is 14.7. The van der Waals surface area contributed by atoms with Crippen LogP contribution in [0.1, 0.15) is 16.1 Å². The molecule has 0 spiro atoms. The van der Waals surface area contributed by atoms with Gasteiger partial charge in [0.2, 0.25) is 11.2 Å². The molecule has 3 aromatic rings. The first-order valence-corrected chi connectivity index (χ1v) is 6.82. The largest absolute Gasteiger partial charge is 0.508 e. The zero-order valence-electron chi connectivity index (χ0n) is 11.9. The van der Waals surface area contributed by atoms with Crippen LogP contribution in [0.2, 0.25) is 0 Å². The highest BCUT2D eigenvalue weighted by Crippen LogP contribution is 2.23. The van der Waals surface area contributed by atoms with E-state index in [0.717, 1.165) is 28.8 Å². The number of hydrogen-bond donors (Lipinski definition) is 3. The van der Waals surface area contributed by atoms with Crippen molar-refractivity contribution >= 4 is 16.9 Å². The van der Waals surface area contributed by atoms with E-state index in [4.69, 9.17) is 14.3 Å². The molecule has 3 rings (SSSR count). The normalized spacial score (nSPS) is 10.8. The second kappa shape index (κ2) is 5.88. The maximum Gasteiger partial charge on any atom is 0.374 e. The lowest BCUT2D eigenvalue weighted by Gasteiger charge is -2.04. The number of phenols is 1. The van der Waals surface area contributed by atoms with Crippen LogP contribution in [0, 0.1) is 0 Å². The van der Waals surface area contributed by atoms with Crippen molar-refractivity contribution < 1.29 is 24.2 Å². The van der Waals surface area contributed by atoms with Crippen LogP contribution in [0.3, 0.4) is 0 Å². The van der Waals surface area contributed by atoms with Gasteiger partial charge in [-0.2, -0.15) is 0 Å². The molecule has 0 amide bonds. The lowest BCUT2D eigenvalue weighted by molar-refractivity contribution is 0.0469. The van der Waals surface area contributed by atoms with E-state index in [1.165, 1.54) is 0 Å². The van der Waals surface area contributed by atoms with Gasteiger partial charge in [0.25, 0.3) is 0 Å². The quantitative estimate of drug-likeness (QED) is 0.634. The number of phenolic OH excluding ortho intramolecular Hbond substituents is 1. The topological polar surface area (TPSA) is 113 Å². The van der Waals surface area contributed by atoms with Gasteiger partial charge in [-0.1, -0.05) is 0 Å². The van der Waals surface area contributed by atoms with Crippen LogP contribution in [-0.4, -0.2) is 27.8 Å². The summed E-state index contributed by atoms with van der Waals surface area (Å²) < 4.78 is 9.86. The molecule has 7 heteroatoms. The highest BCUT2D eigenvalue weighted by Gasteiger charge is 2.13. The number of rotatable bonds is 4. The van der Waals surface area contributed by atoms with Crippen LogP contribution in [0.25, 0.3) is 10.9 Å². The van der Waals surface area contributed by atoms with Crippen molar-refractivity contribution in [3.8, 4) is 11.5 Å². The molecular formula is C16H13NO6.